The van der Waals surface area contributed by atoms with Crippen LogP contribution >= 0.6 is 27.7 Å². The lowest BCUT2D eigenvalue weighted by Crippen LogP contribution is -1.99. The quantitative estimate of drug-likeness (QED) is 0.682. The van der Waals surface area contributed by atoms with Gasteiger partial charge < -0.3 is 5.11 Å². The van der Waals surface area contributed by atoms with Crippen molar-refractivity contribution in [3.05, 3.63) is 68.3 Å². The van der Waals surface area contributed by atoms with Crippen LogP contribution in [0.2, 0.25) is 0 Å². The van der Waals surface area contributed by atoms with Crippen LogP contribution in [0.4, 0.5) is 0 Å². The minimum absolute atomic E-state index is 0.502. The maximum Gasteiger partial charge on any atom is 0.0963 e. The van der Waals surface area contributed by atoms with Gasteiger partial charge in [0.1, 0.15) is 0 Å². The van der Waals surface area contributed by atoms with Crippen LogP contribution in [-0.2, 0) is 5.75 Å². The lowest BCUT2D eigenvalue weighted by Gasteiger charge is -2.19. The first-order valence-corrected chi connectivity index (χ1v) is 9.19. The molecule has 1 aromatic rings. The molecule has 0 fully saturated rings. The van der Waals surface area contributed by atoms with Gasteiger partial charge >= 0.3 is 0 Å². The lowest BCUT2D eigenvalue weighted by molar-refractivity contribution is 0.400. The summed E-state index contributed by atoms with van der Waals surface area (Å²) in [6.07, 6.45) is 9.62. The van der Waals surface area contributed by atoms with Crippen molar-refractivity contribution in [2.45, 2.75) is 37.9 Å². The van der Waals surface area contributed by atoms with Crippen molar-refractivity contribution in [3.8, 4) is 0 Å². The molecule has 0 radical (unpaired) electrons. The summed E-state index contributed by atoms with van der Waals surface area (Å²) in [7, 11) is 0. The normalized spacial score (nSPS) is 18.7. The van der Waals surface area contributed by atoms with E-state index in [4.69, 9.17) is 0 Å². The molecule has 0 aliphatic heterocycles. The highest BCUT2D eigenvalue weighted by atomic mass is 79.9. The summed E-state index contributed by atoms with van der Waals surface area (Å²) in [6.45, 7) is 0. The van der Waals surface area contributed by atoms with E-state index in [9.17, 15) is 5.11 Å². The third kappa shape index (κ3) is 3.83. The van der Waals surface area contributed by atoms with E-state index in [1.807, 2.05) is 17.8 Å². The average Bonchev–Trinajstić information content (AvgIpc) is 2.64. The first kappa shape index (κ1) is 15.0. The van der Waals surface area contributed by atoms with Gasteiger partial charge in [0.15, 0.2) is 0 Å². The zero-order valence-corrected chi connectivity index (χ0v) is 14.3. The van der Waals surface area contributed by atoms with Gasteiger partial charge in [0.05, 0.1) is 5.76 Å². The second kappa shape index (κ2) is 6.89. The van der Waals surface area contributed by atoms with E-state index in [1.165, 1.54) is 34.5 Å². The summed E-state index contributed by atoms with van der Waals surface area (Å²) in [5, 5.41) is 9.93. The highest BCUT2D eigenvalue weighted by molar-refractivity contribution is 9.10. The highest BCUT2D eigenvalue weighted by Gasteiger charge is 2.18. The van der Waals surface area contributed by atoms with Gasteiger partial charge in [-0.1, -0.05) is 34.1 Å². The van der Waals surface area contributed by atoms with Crippen LogP contribution < -0.4 is 0 Å². The lowest BCUT2D eigenvalue weighted by atomic mass is 9.91. The van der Waals surface area contributed by atoms with Crippen molar-refractivity contribution in [2.75, 3.05) is 0 Å². The van der Waals surface area contributed by atoms with Gasteiger partial charge in [-0.25, -0.2) is 0 Å². The van der Waals surface area contributed by atoms with E-state index in [-0.39, 0.29) is 0 Å². The minimum Gasteiger partial charge on any atom is -0.512 e. The fourth-order valence-electron chi connectivity index (χ4n) is 2.88. The second-order valence-electron chi connectivity index (χ2n) is 5.54. The Kier molecular flexibility index (Phi) is 4.91. The zero-order chi connectivity index (χ0) is 14.7. The van der Waals surface area contributed by atoms with Gasteiger partial charge in [0, 0.05) is 21.6 Å². The molecule has 0 amide bonds. The standard InChI is InChI=1S/C18H19BrOS/c19-15-6-3-4-13(10-15)12-21-18-9-8-16(20)11-14-5-1-2-7-17(14)18/h3-4,6,9-11,20H,1-2,5,7-8,12H2. The Balaban J connectivity index is 1.78. The van der Waals surface area contributed by atoms with Gasteiger partial charge in [0.25, 0.3) is 0 Å². The first-order valence-electron chi connectivity index (χ1n) is 7.42. The molecule has 2 aliphatic carbocycles. The van der Waals surface area contributed by atoms with E-state index in [0.717, 1.165) is 23.1 Å². The molecule has 1 N–H and O–H groups in total. The van der Waals surface area contributed by atoms with Crippen molar-refractivity contribution >= 4 is 27.7 Å². The van der Waals surface area contributed by atoms with Gasteiger partial charge in [-0.05, 0) is 60.6 Å². The van der Waals surface area contributed by atoms with Crippen molar-refractivity contribution in [1.29, 1.82) is 0 Å². The van der Waals surface area contributed by atoms with Crippen molar-refractivity contribution < 1.29 is 5.11 Å². The Morgan fingerprint density at radius 1 is 1.19 bits per heavy atom. The van der Waals surface area contributed by atoms with E-state index in [0.29, 0.717) is 12.2 Å². The van der Waals surface area contributed by atoms with E-state index in [1.54, 1.807) is 0 Å². The number of benzene rings is 1. The number of hydrogen-bond donors (Lipinski definition) is 1. The Hall–Kier alpha value is -0.930. The number of aliphatic hydroxyl groups is 1. The summed E-state index contributed by atoms with van der Waals surface area (Å²) in [6, 6.07) is 8.49. The summed E-state index contributed by atoms with van der Waals surface area (Å²) >= 11 is 5.43. The van der Waals surface area contributed by atoms with Crippen LogP contribution in [0.3, 0.4) is 0 Å². The Morgan fingerprint density at radius 2 is 2.05 bits per heavy atom. The molecular formula is C18H19BrOS. The van der Waals surface area contributed by atoms with Gasteiger partial charge in [-0.3, -0.25) is 0 Å². The minimum atomic E-state index is 0.502. The number of halogens is 1. The van der Waals surface area contributed by atoms with E-state index < -0.39 is 0 Å². The molecule has 3 heteroatoms. The molecular weight excluding hydrogens is 344 g/mol. The van der Waals surface area contributed by atoms with Crippen molar-refractivity contribution in [2.24, 2.45) is 0 Å². The molecule has 0 spiro atoms. The summed E-state index contributed by atoms with van der Waals surface area (Å²) in [5.74, 6) is 1.48. The highest BCUT2D eigenvalue weighted by Crippen LogP contribution is 2.39. The number of hydrogen-bond acceptors (Lipinski definition) is 2. The molecule has 3 rings (SSSR count). The monoisotopic (exact) mass is 362 g/mol. The molecule has 2 aliphatic rings. The summed E-state index contributed by atoms with van der Waals surface area (Å²) in [5.41, 5.74) is 4.14. The number of thioether (sulfide) groups is 1. The average molecular weight is 363 g/mol. The molecule has 0 saturated heterocycles. The third-order valence-electron chi connectivity index (χ3n) is 3.93. The molecule has 110 valence electrons. The van der Waals surface area contributed by atoms with E-state index >= 15 is 0 Å². The molecule has 0 aromatic heterocycles. The SMILES string of the molecule is OC1=CC2=C(CCCC2)C(SCc2cccc(Br)c2)=CC1. The van der Waals surface area contributed by atoms with Crippen LogP contribution in [0.25, 0.3) is 0 Å². The maximum atomic E-state index is 9.93. The third-order valence-corrected chi connectivity index (χ3v) is 5.62. The maximum absolute atomic E-state index is 9.93. The van der Waals surface area contributed by atoms with Crippen LogP contribution in [0.15, 0.2) is 62.7 Å². The fraction of sp³-hybridized carbons (Fsp3) is 0.333. The second-order valence-corrected chi connectivity index (χ2v) is 7.47. The molecule has 21 heavy (non-hydrogen) atoms. The Morgan fingerprint density at radius 3 is 2.90 bits per heavy atom. The number of aliphatic hydroxyl groups excluding tert-OH is 1. The van der Waals surface area contributed by atoms with Gasteiger partial charge in [0.2, 0.25) is 0 Å². The Labute approximate surface area is 139 Å². The van der Waals surface area contributed by atoms with Gasteiger partial charge in [-0.2, -0.15) is 0 Å². The molecule has 1 aromatic carbocycles. The molecule has 1 nitrogen and oxygen atoms in total. The molecule has 0 saturated carbocycles. The Bertz CT molecular complexity index is 628. The summed E-state index contributed by atoms with van der Waals surface area (Å²) in [4.78, 5) is 1.37. The van der Waals surface area contributed by atoms with Crippen LogP contribution in [0.1, 0.15) is 37.7 Å². The fourth-order valence-corrected chi connectivity index (χ4v) is 4.44. The van der Waals surface area contributed by atoms with Crippen LogP contribution in [0.5, 0.6) is 0 Å². The number of rotatable bonds is 3. The molecule has 0 atom stereocenters. The molecule has 0 heterocycles. The molecule has 0 unspecified atom stereocenters. The smallest absolute Gasteiger partial charge is 0.0963 e. The van der Waals surface area contributed by atoms with E-state index in [2.05, 4.69) is 46.3 Å². The predicted molar refractivity (Wildman–Crippen MR) is 94.3 cm³/mol. The molecule has 0 bridgehead atoms. The van der Waals surface area contributed by atoms with Gasteiger partial charge in [-0.15, -0.1) is 11.8 Å². The van der Waals surface area contributed by atoms with Crippen molar-refractivity contribution in [1.82, 2.24) is 0 Å². The largest absolute Gasteiger partial charge is 0.512 e. The first-order chi connectivity index (χ1) is 10.2. The van der Waals surface area contributed by atoms with Crippen LogP contribution in [0, 0.1) is 0 Å². The number of allylic oxidation sites excluding steroid dienone is 4. The zero-order valence-electron chi connectivity index (χ0n) is 11.9. The summed E-state index contributed by atoms with van der Waals surface area (Å²) < 4.78 is 1.13. The van der Waals surface area contributed by atoms with Crippen molar-refractivity contribution in [3.63, 3.8) is 0 Å². The predicted octanol–water partition coefficient (Wildman–Crippen LogP) is 6.28. The van der Waals surface area contributed by atoms with Crippen LogP contribution in [-0.4, -0.2) is 5.11 Å². The topological polar surface area (TPSA) is 20.2 Å².